The molecule has 5 nitrogen and oxygen atoms in total. The van der Waals surface area contributed by atoms with E-state index in [2.05, 4.69) is 29.1 Å². The van der Waals surface area contributed by atoms with E-state index >= 15 is 0 Å². The monoisotopic (exact) mass is 293 g/mol. The van der Waals surface area contributed by atoms with E-state index in [9.17, 15) is 0 Å². The van der Waals surface area contributed by atoms with Gasteiger partial charge in [-0.05, 0) is 38.1 Å². The first-order valence-electron chi connectivity index (χ1n) is 7.55. The van der Waals surface area contributed by atoms with Crippen LogP contribution in [0.1, 0.15) is 51.3 Å². The molecule has 0 aliphatic heterocycles. The Labute approximate surface area is 127 Å². The summed E-state index contributed by atoms with van der Waals surface area (Å²) in [5.41, 5.74) is 0.949. The number of ether oxygens (including phenoxy) is 2. The topological polar surface area (TPSA) is 56.3 Å². The van der Waals surface area contributed by atoms with Crippen molar-refractivity contribution < 1.29 is 9.47 Å². The maximum atomic E-state index is 5.99. The number of rotatable bonds is 5. The fraction of sp³-hybridized carbons (Fsp3) is 0.750. The quantitative estimate of drug-likeness (QED) is 0.904. The minimum atomic E-state index is -0.256. The molecule has 1 aromatic rings. The third kappa shape index (κ3) is 3.19. The number of nitrogens with zero attached hydrogens (tertiary/aromatic N) is 2. The standard InChI is InChI=1S/C16H27N3O2/c1-15(2)6-8-16(21-5,9-7-15)13(17-3)12-14(20-4)19-11-10-18-12/h10-11,13,17H,6-9H2,1-5H3. The fourth-order valence-corrected chi connectivity index (χ4v) is 3.30. The summed E-state index contributed by atoms with van der Waals surface area (Å²) in [6.07, 6.45) is 7.64. The van der Waals surface area contributed by atoms with Crippen molar-refractivity contribution >= 4 is 0 Å². The van der Waals surface area contributed by atoms with Crippen LogP contribution in [0.25, 0.3) is 0 Å². The van der Waals surface area contributed by atoms with E-state index < -0.39 is 0 Å². The average Bonchev–Trinajstić information content (AvgIpc) is 2.50. The van der Waals surface area contributed by atoms with Gasteiger partial charge in [-0.15, -0.1) is 0 Å². The molecule has 2 rings (SSSR count). The van der Waals surface area contributed by atoms with Gasteiger partial charge in [0.25, 0.3) is 0 Å². The van der Waals surface area contributed by atoms with Gasteiger partial charge < -0.3 is 14.8 Å². The fourth-order valence-electron chi connectivity index (χ4n) is 3.30. The zero-order valence-corrected chi connectivity index (χ0v) is 13.8. The van der Waals surface area contributed by atoms with Gasteiger partial charge in [-0.3, -0.25) is 4.98 Å². The van der Waals surface area contributed by atoms with Crippen LogP contribution < -0.4 is 10.1 Å². The third-order valence-electron chi connectivity index (χ3n) is 4.83. The van der Waals surface area contributed by atoms with E-state index in [1.165, 1.54) is 0 Å². The maximum absolute atomic E-state index is 5.99. The SMILES string of the molecule is CNC(c1nccnc1OC)C1(OC)CCC(C)(C)CC1. The summed E-state index contributed by atoms with van der Waals surface area (Å²) >= 11 is 0. The van der Waals surface area contributed by atoms with Crippen LogP contribution in [0.4, 0.5) is 0 Å². The predicted molar refractivity (Wildman–Crippen MR) is 82.4 cm³/mol. The van der Waals surface area contributed by atoms with Crippen LogP contribution in [-0.4, -0.2) is 36.8 Å². The highest BCUT2D eigenvalue weighted by molar-refractivity contribution is 5.25. The van der Waals surface area contributed by atoms with Gasteiger partial charge in [-0.2, -0.15) is 0 Å². The third-order valence-corrected chi connectivity index (χ3v) is 4.83. The van der Waals surface area contributed by atoms with Gasteiger partial charge in [-0.1, -0.05) is 13.8 Å². The molecule has 1 heterocycles. The smallest absolute Gasteiger partial charge is 0.237 e. The lowest BCUT2D eigenvalue weighted by Gasteiger charge is -2.46. The van der Waals surface area contributed by atoms with E-state index in [4.69, 9.17) is 9.47 Å². The Hall–Kier alpha value is -1.20. The van der Waals surface area contributed by atoms with Crippen molar-refractivity contribution in [3.8, 4) is 5.88 Å². The van der Waals surface area contributed by atoms with Crippen molar-refractivity contribution in [3.05, 3.63) is 18.1 Å². The summed E-state index contributed by atoms with van der Waals surface area (Å²) < 4.78 is 11.4. The number of likely N-dealkylation sites (N-methyl/N-ethyl adjacent to an activating group) is 1. The van der Waals surface area contributed by atoms with Gasteiger partial charge in [0.1, 0.15) is 5.69 Å². The second kappa shape index (κ2) is 6.28. The molecule has 1 saturated carbocycles. The Kier molecular flexibility index (Phi) is 4.84. The number of hydrogen-bond acceptors (Lipinski definition) is 5. The molecule has 1 atom stereocenters. The first-order valence-corrected chi connectivity index (χ1v) is 7.55. The van der Waals surface area contributed by atoms with Gasteiger partial charge >= 0.3 is 0 Å². The molecule has 1 fully saturated rings. The Morgan fingerprint density at radius 1 is 1.10 bits per heavy atom. The largest absolute Gasteiger partial charge is 0.480 e. The summed E-state index contributed by atoms with van der Waals surface area (Å²) in [5, 5.41) is 3.37. The number of nitrogens with one attached hydrogen (secondary N) is 1. The molecule has 1 N–H and O–H groups in total. The second-order valence-corrected chi connectivity index (χ2v) is 6.61. The zero-order chi connectivity index (χ0) is 15.5. The van der Waals surface area contributed by atoms with Crippen molar-refractivity contribution in [1.82, 2.24) is 15.3 Å². The summed E-state index contributed by atoms with van der Waals surface area (Å²) in [6.45, 7) is 4.65. The van der Waals surface area contributed by atoms with Gasteiger partial charge in [-0.25, -0.2) is 4.98 Å². The highest BCUT2D eigenvalue weighted by Crippen LogP contribution is 2.47. The van der Waals surface area contributed by atoms with E-state index in [1.807, 2.05) is 7.05 Å². The van der Waals surface area contributed by atoms with E-state index in [0.29, 0.717) is 11.3 Å². The van der Waals surface area contributed by atoms with Gasteiger partial charge in [0.15, 0.2) is 0 Å². The van der Waals surface area contributed by atoms with Crippen LogP contribution in [0.15, 0.2) is 12.4 Å². The molecule has 1 unspecified atom stereocenters. The van der Waals surface area contributed by atoms with Crippen molar-refractivity contribution in [1.29, 1.82) is 0 Å². The lowest BCUT2D eigenvalue weighted by molar-refractivity contribution is -0.0875. The molecule has 118 valence electrons. The summed E-state index contributed by atoms with van der Waals surface area (Å²) in [6, 6.07) is -0.0257. The second-order valence-electron chi connectivity index (χ2n) is 6.61. The Balaban J connectivity index is 2.34. The maximum Gasteiger partial charge on any atom is 0.237 e. The highest BCUT2D eigenvalue weighted by Gasteiger charge is 2.46. The molecule has 0 radical (unpaired) electrons. The molecular weight excluding hydrogens is 266 g/mol. The first kappa shape index (κ1) is 16.2. The van der Waals surface area contributed by atoms with E-state index in [0.717, 1.165) is 31.4 Å². The molecule has 1 aliphatic rings. The van der Waals surface area contributed by atoms with Crippen molar-refractivity contribution in [2.75, 3.05) is 21.3 Å². The zero-order valence-electron chi connectivity index (χ0n) is 13.8. The minimum Gasteiger partial charge on any atom is -0.480 e. The molecule has 5 heteroatoms. The normalized spacial score (nSPS) is 21.8. The highest BCUT2D eigenvalue weighted by atomic mass is 16.5. The molecule has 0 saturated heterocycles. The van der Waals surface area contributed by atoms with E-state index in [-0.39, 0.29) is 11.6 Å². The van der Waals surface area contributed by atoms with Crippen LogP contribution in [-0.2, 0) is 4.74 Å². The molecule has 1 aromatic heterocycles. The molecule has 0 spiro atoms. The Morgan fingerprint density at radius 3 is 2.24 bits per heavy atom. The van der Waals surface area contributed by atoms with Crippen LogP contribution in [0.3, 0.4) is 0 Å². The van der Waals surface area contributed by atoms with Crippen molar-refractivity contribution in [2.45, 2.75) is 51.2 Å². The summed E-state index contributed by atoms with van der Waals surface area (Å²) in [4.78, 5) is 8.77. The molecule has 1 aliphatic carbocycles. The van der Waals surface area contributed by atoms with Gasteiger partial charge in [0.2, 0.25) is 5.88 Å². The van der Waals surface area contributed by atoms with Crippen LogP contribution in [0, 0.1) is 5.41 Å². The van der Waals surface area contributed by atoms with Crippen LogP contribution in [0.5, 0.6) is 5.88 Å². The molecule has 0 amide bonds. The molecule has 21 heavy (non-hydrogen) atoms. The number of hydrogen-bond donors (Lipinski definition) is 1. The van der Waals surface area contributed by atoms with Crippen molar-refractivity contribution in [3.63, 3.8) is 0 Å². The molecule has 0 aromatic carbocycles. The van der Waals surface area contributed by atoms with Crippen LogP contribution in [0.2, 0.25) is 0 Å². The Bertz CT molecular complexity index is 466. The minimum absolute atomic E-state index is 0.0257. The lowest BCUT2D eigenvalue weighted by Crippen LogP contribution is -2.48. The summed E-state index contributed by atoms with van der Waals surface area (Å²) in [5.74, 6) is 0.568. The lowest BCUT2D eigenvalue weighted by atomic mass is 9.68. The predicted octanol–water partition coefficient (Wildman–Crippen LogP) is 2.73. The van der Waals surface area contributed by atoms with Crippen LogP contribution >= 0.6 is 0 Å². The number of methoxy groups -OCH3 is 2. The van der Waals surface area contributed by atoms with Gasteiger partial charge in [0, 0.05) is 19.5 Å². The Morgan fingerprint density at radius 2 is 1.71 bits per heavy atom. The molecule has 0 bridgehead atoms. The van der Waals surface area contributed by atoms with E-state index in [1.54, 1.807) is 26.6 Å². The number of aromatic nitrogens is 2. The summed E-state index contributed by atoms with van der Waals surface area (Å²) in [7, 11) is 5.37. The first-order chi connectivity index (χ1) is 9.98. The van der Waals surface area contributed by atoms with Gasteiger partial charge in [0.05, 0.1) is 18.8 Å². The molecular formula is C16H27N3O2. The van der Waals surface area contributed by atoms with Crippen molar-refractivity contribution in [2.24, 2.45) is 5.41 Å². The average molecular weight is 293 g/mol.